The number of aryl methyl sites for hydroxylation is 2. The number of amides is 1. The predicted molar refractivity (Wildman–Crippen MR) is 129 cm³/mol. The third kappa shape index (κ3) is 5.18. The number of sulfonamides is 1. The lowest BCUT2D eigenvalue weighted by atomic mass is 9.96. The van der Waals surface area contributed by atoms with Crippen LogP contribution in [0.3, 0.4) is 0 Å². The molecule has 0 aliphatic carbocycles. The van der Waals surface area contributed by atoms with Crippen LogP contribution in [0.15, 0.2) is 64.9 Å². The third-order valence-electron chi connectivity index (χ3n) is 6.22. The van der Waals surface area contributed by atoms with Gasteiger partial charge in [-0.25, -0.2) is 12.8 Å². The summed E-state index contributed by atoms with van der Waals surface area (Å²) in [7, 11) is -3.60. The molecule has 1 saturated heterocycles. The van der Waals surface area contributed by atoms with Gasteiger partial charge in [-0.3, -0.25) is 4.79 Å². The highest BCUT2D eigenvalue weighted by Gasteiger charge is 2.34. The average Bonchev–Trinajstić information content (AvgIpc) is 3.33. The lowest BCUT2D eigenvalue weighted by molar-refractivity contribution is -0.123. The lowest BCUT2D eigenvalue weighted by Crippen LogP contribution is -2.44. The fourth-order valence-corrected chi connectivity index (χ4v) is 6.31. The molecule has 1 aliphatic heterocycles. The van der Waals surface area contributed by atoms with E-state index in [2.05, 4.69) is 0 Å². The van der Waals surface area contributed by atoms with Crippen LogP contribution in [0, 0.1) is 25.6 Å². The fraction of sp³-hybridized carbons (Fsp3) is 0.320. The molecule has 1 aliphatic rings. The summed E-state index contributed by atoms with van der Waals surface area (Å²) in [5, 5.41) is 1.96. The molecule has 5 nitrogen and oxygen atoms in total. The summed E-state index contributed by atoms with van der Waals surface area (Å²) in [6.07, 6.45) is 0.899. The number of carbonyl (C=O) groups is 1. The van der Waals surface area contributed by atoms with E-state index in [-0.39, 0.29) is 17.6 Å². The normalized spacial score (nSPS) is 15.5. The zero-order valence-corrected chi connectivity index (χ0v) is 20.3. The molecule has 174 valence electrons. The molecule has 0 saturated carbocycles. The Labute approximate surface area is 198 Å². The molecule has 33 heavy (non-hydrogen) atoms. The predicted octanol–water partition coefficient (Wildman–Crippen LogP) is 5.14. The van der Waals surface area contributed by atoms with Crippen molar-refractivity contribution in [3.05, 3.63) is 81.8 Å². The minimum Gasteiger partial charge on any atom is -0.307 e. The molecule has 0 radical (unpaired) electrons. The largest absolute Gasteiger partial charge is 0.307 e. The van der Waals surface area contributed by atoms with Gasteiger partial charge in [0, 0.05) is 29.6 Å². The maximum atomic E-state index is 13.5. The van der Waals surface area contributed by atoms with E-state index in [1.54, 1.807) is 40.5 Å². The van der Waals surface area contributed by atoms with Crippen LogP contribution in [0.5, 0.6) is 0 Å². The number of piperidine rings is 1. The molecule has 0 spiro atoms. The monoisotopic (exact) mass is 486 g/mol. The van der Waals surface area contributed by atoms with E-state index in [4.69, 9.17) is 0 Å². The van der Waals surface area contributed by atoms with Crippen molar-refractivity contribution in [2.75, 3.05) is 18.0 Å². The number of carbonyl (C=O) groups excluding carboxylic acids is 1. The smallest absolute Gasteiger partial charge is 0.243 e. The van der Waals surface area contributed by atoms with Crippen molar-refractivity contribution in [3.63, 3.8) is 0 Å². The first-order valence-electron chi connectivity index (χ1n) is 10.9. The number of hydrogen-bond acceptors (Lipinski definition) is 4. The van der Waals surface area contributed by atoms with Gasteiger partial charge in [0.2, 0.25) is 15.9 Å². The number of rotatable bonds is 6. The third-order valence-corrected chi connectivity index (χ3v) is 8.97. The SMILES string of the molecule is Cc1ccc(S(=O)(=O)N2CCC(C(=O)N(Cc3cccs3)c3ccc(F)cc3)CC2)cc1C. The molecule has 1 aromatic heterocycles. The van der Waals surface area contributed by atoms with E-state index in [1.807, 2.05) is 37.4 Å². The maximum absolute atomic E-state index is 13.5. The topological polar surface area (TPSA) is 57.7 Å². The second kappa shape index (κ2) is 9.75. The van der Waals surface area contributed by atoms with Gasteiger partial charge in [-0.2, -0.15) is 4.31 Å². The first kappa shape index (κ1) is 23.6. The highest BCUT2D eigenvalue weighted by Crippen LogP contribution is 2.29. The molecule has 2 heterocycles. The number of anilines is 1. The first-order valence-corrected chi connectivity index (χ1v) is 13.2. The van der Waals surface area contributed by atoms with Gasteiger partial charge in [-0.15, -0.1) is 11.3 Å². The van der Waals surface area contributed by atoms with Crippen LogP contribution < -0.4 is 4.90 Å². The number of benzene rings is 2. The van der Waals surface area contributed by atoms with Crippen molar-refractivity contribution in [1.82, 2.24) is 4.31 Å². The summed E-state index contributed by atoms with van der Waals surface area (Å²) in [4.78, 5) is 16.5. The van der Waals surface area contributed by atoms with Gasteiger partial charge in [-0.05, 0) is 85.7 Å². The standard InChI is InChI=1S/C25H27FN2O3S2/c1-18-5-10-24(16-19(18)2)33(30,31)27-13-11-20(12-14-27)25(29)28(17-23-4-3-15-32-23)22-8-6-21(26)7-9-22/h3-10,15-16,20H,11-14,17H2,1-2H3. The van der Waals surface area contributed by atoms with Crippen molar-refractivity contribution in [2.45, 2.75) is 38.1 Å². The van der Waals surface area contributed by atoms with Crippen LogP contribution in [-0.4, -0.2) is 31.7 Å². The molecule has 1 fully saturated rings. The zero-order valence-electron chi connectivity index (χ0n) is 18.7. The van der Waals surface area contributed by atoms with Crippen LogP contribution >= 0.6 is 11.3 Å². The number of thiophene rings is 1. The van der Waals surface area contributed by atoms with Crippen molar-refractivity contribution >= 4 is 33.0 Å². The minimum atomic E-state index is -3.60. The summed E-state index contributed by atoms with van der Waals surface area (Å²) >= 11 is 1.56. The summed E-state index contributed by atoms with van der Waals surface area (Å²) < 4.78 is 41.2. The average molecular weight is 487 g/mol. The number of halogens is 1. The number of hydrogen-bond donors (Lipinski definition) is 0. The van der Waals surface area contributed by atoms with Crippen molar-refractivity contribution in [3.8, 4) is 0 Å². The van der Waals surface area contributed by atoms with E-state index in [9.17, 15) is 17.6 Å². The van der Waals surface area contributed by atoms with Gasteiger partial charge in [0.1, 0.15) is 5.82 Å². The van der Waals surface area contributed by atoms with Crippen LogP contribution in [0.1, 0.15) is 28.8 Å². The summed E-state index contributed by atoms with van der Waals surface area (Å²) in [5.74, 6) is -0.702. The van der Waals surface area contributed by atoms with Gasteiger partial charge >= 0.3 is 0 Å². The molecule has 0 N–H and O–H groups in total. The Kier molecular flexibility index (Phi) is 6.97. The Morgan fingerprint density at radius 3 is 2.36 bits per heavy atom. The Morgan fingerprint density at radius 2 is 1.76 bits per heavy atom. The molecule has 4 rings (SSSR count). The molecular formula is C25H27FN2O3S2. The first-order chi connectivity index (χ1) is 15.8. The zero-order chi connectivity index (χ0) is 23.6. The molecule has 0 bridgehead atoms. The summed E-state index contributed by atoms with van der Waals surface area (Å²) in [6, 6.07) is 15.0. The van der Waals surface area contributed by atoms with Gasteiger partial charge < -0.3 is 4.90 Å². The van der Waals surface area contributed by atoms with Crippen molar-refractivity contribution in [2.24, 2.45) is 5.92 Å². The van der Waals surface area contributed by atoms with E-state index < -0.39 is 10.0 Å². The molecule has 8 heteroatoms. The van der Waals surface area contributed by atoms with Crippen LogP contribution in [0.25, 0.3) is 0 Å². The molecule has 3 aromatic rings. The molecule has 2 aromatic carbocycles. The minimum absolute atomic E-state index is 0.0572. The Morgan fingerprint density at radius 1 is 1.06 bits per heavy atom. The Balaban J connectivity index is 1.49. The van der Waals surface area contributed by atoms with Gasteiger partial charge in [0.25, 0.3) is 0 Å². The summed E-state index contributed by atoms with van der Waals surface area (Å²) in [5.41, 5.74) is 2.62. The quantitative estimate of drug-likeness (QED) is 0.485. The molecule has 0 atom stereocenters. The highest BCUT2D eigenvalue weighted by molar-refractivity contribution is 7.89. The fourth-order valence-electron chi connectivity index (χ4n) is 4.06. The second-order valence-corrected chi connectivity index (χ2v) is 11.4. The van der Waals surface area contributed by atoms with Crippen LogP contribution in [-0.2, 0) is 21.4 Å². The van der Waals surface area contributed by atoms with Crippen LogP contribution in [0.2, 0.25) is 0 Å². The Hall–Kier alpha value is -2.55. The van der Waals surface area contributed by atoms with E-state index in [1.165, 1.54) is 16.4 Å². The maximum Gasteiger partial charge on any atom is 0.243 e. The molecule has 1 amide bonds. The van der Waals surface area contributed by atoms with Gasteiger partial charge in [0.15, 0.2) is 0 Å². The molecular weight excluding hydrogens is 459 g/mol. The highest BCUT2D eigenvalue weighted by atomic mass is 32.2. The lowest BCUT2D eigenvalue weighted by Gasteiger charge is -2.33. The van der Waals surface area contributed by atoms with E-state index in [0.717, 1.165) is 16.0 Å². The molecule has 0 unspecified atom stereocenters. The van der Waals surface area contributed by atoms with Crippen molar-refractivity contribution in [1.29, 1.82) is 0 Å². The van der Waals surface area contributed by atoms with E-state index >= 15 is 0 Å². The van der Waals surface area contributed by atoms with Gasteiger partial charge in [-0.1, -0.05) is 12.1 Å². The van der Waals surface area contributed by atoms with Crippen LogP contribution in [0.4, 0.5) is 10.1 Å². The Bertz CT molecular complexity index is 1220. The van der Waals surface area contributed by atoms with Crippen molar-refractivity contribution < 1.29 is 17.6 Å². The summed E-state index contributed by atoms with van der Waals surface area (Å²) in [6.45, 7) is 4.84. The van der Waals surface area contributed by atoms with E-state index in [0.29, 0.717) is 43.1 Å². The number of nitrogens with zero attached hydrogens (tertiary/aromatic N) is 2. The van der Waals surface area contributed by atoms with Gasteiger partial charge in [0.05, 0.1) is 11.4 Å². The second-order valence-electron chi connectivity index (χ2n) is 8.40.